The number of allylic oxidation sites excluding steroid dienone is 1. The molecule has 4 nitrogen and oxygen atoms in total. The molecular formula is C22H25N3OS. The van der Waals surface area contributed by atoms with Gasteiger partial charge in [0.1, 0.15) is 9.71 Å². The zero-order chi connectivity index (χ0) is 18.8. The smallest absolute Gasteiger partial charge is 0.263 e. The van der Waals surface area contributed by atoms with E-state index in [4.69, 9.17) is 0 Å². The highest BCUT2D eigenvalue weighted by atomic mass is 32.1. The Morgan fingerprint density at radius 1 is 1.26 bits per heavy atom. The summed E-state index contributed by atoms with van der Waals surface area (Å²) in [5, 5.41) is 4.20. The Bertz CT molecular complexity index is 998. The number of pyridine rings is 1. The second-order valence-corrected chi connectivity index (χ2v) is 8.24. The molecule has 0 saturated heterocycles. The van der Waals surface area contributed by atoms with E-state index in [2.05, 4.69) is 29.4 Å². The van der Waals surface area contributed by atoms with Gasteiger partial charge in [0.05, 0.1) is 5.69 Å². The molecule has 3 heterocycles. The molecule has 3 aromatic rings. The second kappa shape index (κ2) is 7.69. The van der Waals surface area contributed by atoms with Crippen molar-refractivity contribution in [1.82, 2.24) is 14.9 Å². The van der Waals surface area contributed by atoms with Gasteiger partial charge in [-0.3, -0.25) is 4.79 Å². The number of nitrogens with zero attached hydrogens (tertiary/aromatic N) is 2. The first kappa shape index (κ1) is 18.0. The van der Waals surface area contributed by atoms with Crippen LogP contribution in [0.25, 0.3) is 15.9 Å². The van der Waals surface area contributed by atoms with Gasteiger partial charge in [0.25, 0.3) is 5.91 Å². The maximum absolute atomic E-state index is 13.0. The van der Waals surface area contributed by atoms with Crippen molar-refractivity contribution in [2.24, 2.45) is 0 Å². The van der Waals surface area contributed by atoms with Gasteiger partial charge in [-0.15, -0.1) is 11.3 Å². The highest BCUT2D eigenvalue weighted by Crippen LogP contribution is 2.35. The Kier molecular flexibility index (Phi) is 5.12. The highest BCUT2D eigenvalue weighted by molar-refractivity contribution is 7.21. The monoisotopic (exact) mass is 379 g/mol. The molecule has 4 rings (SSSR count). The van der Waals surface area contributed by atoms with E-state index in [0.29, 0.717) is 6.54 Å². The average Bonchev–Trinajstić information content (AvgIpc) is 3.29. The second-order valence-electron chi connectivity index (χ2n) is 7.24. The molecule has 1 N–H and O–H groups in total. The maximum Gasteiger partial charge on any atom is 0.263 e. The fraction of sp³-hybridized carbons (Fsp3) is 0.364. The summed E-state index contributed by atoms with van der Waals surface area (Å²) >= 11 is 1.49. The minimum atomic E-state index is -0.00448. The van der Waals surface area contributed by atoms with E-state index in [-0.39, 0.29) is 5.91 Å². The van der Waals surface area contributed by atoms with Crippen LogP contribution in [0.15, 0.2) is 42.2 Å². The van der Waals surface area contributed by atoms with Crippen molar-refractivity contribution in [3.05, 3.63) is 58.4 Å². The van der Waals surface area contributed by atoms with Crippen molar-refractivity contribution in [2.45, 2.75) is 46.0 Å². The lowest BCUT2D eigenvalue weighted by atomic mass is 9.97. The van der Waals surface area contributed by atoms with Crippen LogP contribution in [0.1, 0.15) is 53.0 Å². The topological polar surface area (TPSA) is 46.9 Å². The van der Waals surface area contributed by atoms with Crippen LogP contribution in [0, 0.1) is 13.8 Å². The molecule has 3 aromatic heterocycles. The Morgan fingerprint density at radius 3 is 2.81 bits per heavy atom. The standard InChI is InChI=1S/C22H25N3OS/c1-15-14-16(2)24-22-18(15)19(25-12-6-7-13-25)20(27-22)21(26)23-11-10-17-8-4-3-5-9-17/h6-8,12-14H,3-5,9-11H2,1-2H3,(H,23,26). The number of nitrogens with one attached hydrogen (secondary N) is 1. The van der Waals surface area contributed by atoms with Gasteiger partial charge in [0.2, 0.25) is 0 Å². The molecule has 27 heavy (non-hydrogen) atoms. The third kappa shape index (κ3) is 3.69. The molecule has 0 unspecified atom stereocenters. The summed E-state index contributed by atoms with van der Waals surface area (Å²) in [6, 6.07) is 6.05. The molecule has 5 heteroatoms. The average molecular weight is 380 g/mol. The van der Waals surface area contributed by atoms with Crippen LogP contribution in [-0.4, -0.2) is 22.0 Å². The van der Waals surface area contributed by atoms with Crippen LogP contribution in [-0.2, 0) is 0 Å². The first-order valence-corrected chi connectivity index (χ1v) is 10.5. The Morgan fingerprint density at radius 2 is 2.07 bits per heavy atom. The van der Waals surface area contributed by atoms with Crippen molar-refractivity contribution in [3.8, 4) is 5.69 Å². The van der Waals surface area contributed by atoms with Gasteiger partial charge in [0, 0.05) is 30.0 Å². The number of thiophene rings is 1. The molecule has 0 atom stereocenters. The van der Waals surface area contributed by atoms with Crippen LogP contribution >= 0.6 is 11.3 Å². The van der Waals surface area contributed by atoms with Crippen LogP contribution < -0.4 is 5.32 Å². The lowest BCUT2D eigenvalue weighted by Gasteiger charge is -2.13. The van der Waals surface area contributed by atoms with Gasteiger partial charge >= 0.3 is 0 Å². The fourth-order valence-electron chi connectivity index (χ4n) is 3.86. The molecule has 0 radical (unpaired) electrons. The van der Waals surface area contributed by atoms with Crippen molar-refractivity contribution in [2.75, 3.05) is 6.54 Å². The number of amides is 1. The number of hydrogen-bond donors (Lipinski definition) is 1. The molecule has 0 bridgehead atoms. The molecule has 1 aliphatic rings. The van der Waals surface area contributed by atoms with Gasteiger partial charge in [-0.2, -0.15) is 0 Å². The summed E-state index contributed by atoms with van der Waals surface area (Å²) in [7, 11) is 0. The number of fused-ring (bicyclic) bond motifs is 1. The molecule has 1 aliphatic carbocycles. The minimum absolute atomic E-state index is 0.00448. The highest BCUT2D eigenvalue weighted by Gasteiger charge is 2.22. The van der Waals surface area contributed by atoms with E-state index in [1.165, 1.54) is 42.6 Å². The number of rotatable bonds is 5. The van der Waals surface area contributed by atoms with Gasteiger partial charge in [-0.25, -0.2) is 4.98 Å². The predicted molar refractivity (Wildman–Crippen MR) is 112 cm³/mol. The summed E-state index contributed by atoms with van der Waals surface area (Å²) in [6.45, 7) is 4.78. The quantitative estimate of drug-likeness (QED) is 0.610. The first-order valence-electron chi connectivity index (χ1n) is 9.63. The largest absolute Gasteiger partial charge is 0.351 e. The van der Waals surface area contributed by atoms with E-state index >= 15 is 0 Å². The number of aryl methyl sites for hydroxylation is 2. The van der Waals surface area contributed by atoms with Gasteiger partial charge in [0.15, 0.2) is 0 Å². The predicted octanol–water partition coefficient (Wildman–Crippen LogP) is 5.32. The number of aromatic nitrogens is 2. The molecule has 0 spiro atoms. The SMILES string of the molecule is Cc1cc(C)c2c(-n3cccc3)c(C(=O)NCCC3=CCCCC3)sc2n1. The normalized spacial score (nSPS) is 14.4. The molecule has 0 fully saturated rings. The summed E-state index contributed by atoms with van der Waals surface area (Å²) in [5.74, 6) is -0.00448. The van der Waals surface area contributed by atoms with E-state index in [1.807, 2.05) is 36.0 Å². The number of carbonyl (C=O) groups is 1. The molecule has 0 aromatic carbocycles. The third-order valence-corrected chi connectivity index (χ3v) is 6.22. The summed E-state index contributed by atoms with van der Waals surface area (Å²) < 4.78 is 2.03. The van der Waals surface area contributed by atoms with Gasteiger partial charge in [-0.05, 0) is 69.7 Å². The summed E-state index contributed by atoms with van der Waals surface area (Å²) in [6.07, 6.45) is 12.2. The molecular weight excluding hydrogens is 354 g/mol. The number of carbonyl (C=O) groups excluding carboxylic acids is 1. The number of hydrogen-bond acceptors (Lipinski definition) is 3. The van der Waals surface area contributed by atoms with E-state index < -0.39 is 0 Å². The summed E-state index contributed by atoms with van der Waals surface area (Å²) in [4.78, 5) is 19.4. The van der Waals surface area contributed by atoms with Gasteiger partial charge < -0.3 is 9.88 Å². The maximum atomic E-state index is 13.0. The van der Waals surface area contributed by atoms with Crippen molar-refractivity contribution >= 4 is 27.5 Å². The summed E-state index contributed by atoms with van der Waals surface area (Å²) in [5.41, 5.74) is 4.57. The van der Waals surface area contributed by atoms with E-state index in [0.717, 1.165) is 38.5 Å². The minimum Gasteiger partial charge on any atom is -0.351 e. The molecule has 0 saturated carbocycles. The Balaban J connectivity index is 1.64. The Labute approximate surface area is 163 Å². The first-order chi connectivity index (χ1) is 13.1. The molecule has 140 valence electrons. The van der Waals surface area contributed by atoms with Crippen molar-refractivity contribution in [1.29, 1.82) is 0 Å². The van der Waals surface area contributed by atoms with Gasteiger partial charge in [-0.1, -0.05) is 11.6 Å². The third-order valence-electron chi connectivity index (χ3n) is 5.15. The molecule has 0 aliphatic heterocycles. The van der Waals surface area contributed by atoms with Crippen LogP contribution in [0.4, 0.5) is 0 Å². The zero-order valence-corrected chi connectivity index (χ0v) is 16.7. The zero-order valence-electron chi connectivity index (χ0n) is 15.9. The lowest BCUT2D eigenvalue weighted by molar-refractivity contribution is 0.0958. The van der Waals surface area contributed by atoms with Crippen molar-refractivity contribution in [3.63, 3.8) is 0 Å². The van der Waals surface area contributed by atoms with Crippen LogP contribution in [0.3, 0.4) is 0 Å². The van der Waals surface area contributed by atoms with Crippen molar-refractivity contribution < 1.29 is 4.79 Å². The van der Waals surface area contributed by atoms with E-state index in [9.17, 15) is 4.79 Å². The lowest BCUT2D eigenvalue weighted by Crippen LogP contribution is -2.25. The van der Waals surface area contributed by atoms with E-state index in [1.54, 1.807) is 0 Å². The van der Waals surface area contributed by atoms with Crippen LogP contribution in [0.2, 0.25) is 0 Å². The Hall–Kier alpha value is -2.40. The molecule has 1 amide bonds. The fourth-order valence-corrected chi connectivity index (χ4v) is 5.07. The van der Waals surface area contributed by atoms with Crippen LogP contribution in [0.5, 0.6) is 0 Å².